The number of esters is 1. The van der Waals surface area contributed by atoms with Gasteiger partial charge >= 0.3 is 11.7 Å². The molecule has 2 atom stereocenters. The SMILES string of the molecule is Cc1cn([C@H]2CC(COC(=O)CCC(N)=O)O2)c(=O)[nH]c1=O. The summed E-state index contributed by atoms with van der Waals surface area (Å²) >= 11 is 0. The minimum atomic E-state index is -0.565. The Balaban J connectivity index is 1.80. The van der Waals surface area contributed by atoms with Gasteiger partial charge in [0.25, 0.3) is 5.56 Å². The first-order chi connectivity index (χ1) is 10.4. The number of aryl methyl sites for hydroxylation is 1. The summed E-state index contributed by atoms with van der Waals surface area (Å²) in [5.41, 5.74) is 4.36. The molecule has 0 aliphatic carbocycles. The average Bonchev–Trinajstić information content (AvgIpc) is 2.40. The van der Waals surface area contributed by atoms with E-state index in [4.69, 9.17) is 15.2 Å². The first-order valence-corrected chi connectivity index (χ1v) is 6.78. The fraction of sp³-hybridized carbons (Fsp3) is 0.538. The van der Waals surface area contributed by atoms with Crippen LogP contribution < -0.4 is 17.0 Å². The molecule has 0 aromatic carbocycles. The zero-order valence-corrected chi connectivity index (χ0v) is 12.0. The highest BCUT2D eigenvalue weighted by molar-refractivity contribution is 5.79. The molecule has 0 bridgehead atoms. The van der Waals surface area contributed by atoms with E-state index in [2.05, 4.69) is 4.98 Å². The zero-order valence-electron chi connectivity index (χ0n) is 12.0. The zero-order chi connectivity index (χ0) is 16.3. The van der Waals surface area contributed by atoms with Crippen LogP contribution in [0.15, 0.2) is 15.8 Å². The molecule has 1 amide bonds. The number of H-pyrrole nitrogens is 1. The lowest BCUT2D eigenvalue weighted by molar-refractivity contribution is -0.193. The highest BCUT2D eigenvalue weighted by Crippen LogP contribution is 2.29. The van der Waals surface area contributed by atoms with Crippen LogP contribution in [0, 0.1) is 6.92 Å². The Hall–Kier alpha value is -2.42. The van der Waals surface area contributed by atoms with Crippen molar-refractivity contribution >= 4 is 11.9 Å². The maximum atomic E-state index is 11.6. The molecule has 9 nitrogen and oxygen atoms in total. The molecule has 2 rings (SSSR count). The fourth-order valence-electron chi connectivity index (χ4n) is 2.01. The van der Waals surface area contributed by atoms with E-state index in [0.29, 0.717) is 12.0 Å². The number of nitrogens with zero attached hydrogens (tertiary/aromatic N) is 1. The number of amides is 1. The summed E-state index contributed by atoms with van der Waals surface area (Å²) in [6.07, 6.45) is 0.984. The smallest absolute Gasteiger partial charge is 0.330 e. The molecule has 9 heteroatoms. The van der Waals surface area contributed by atoms with Crippen LogP contribution in [-0.2, 0) is 19.1 Å². The maximum Gasteiger partial charge on any atom is 0.330 e. The number of rotatable bonds is 6. The number of aromatic nitrogens is 2. The molecular weight excluding hydrogens is 294 g/mol. The molecular formula is C13H17N3O6. The standard InChI is InChI=1S/C13H17N3O6/c1-7-5-16(13(20)15-12(7)19)10-4-8(22-10)6-21-11(18)3-2-9(14)17/h5,8,10H,2-4,6H2,1H3,(H2,14,17)(H,15,19,20)/t8?,10-/m1/s1. The summed E-state index contributed by atoms with van der Waals surface area (Å²) in [6, 6.07) is 0. The summed E-state index contributed by atoms with van der Waals surface area (Å²) in [5.74, 6) is -1.09. The third-order valence-corrected chi connectivity index (χ3v) is 3.28. The highest BCUT2D eigenvalue weighted by Gasteiger charge is 2.33. The number of carbonyl (C=O) groups is 2. The Morgan fingerprint density at radius 2 is 2.14 bits per heavy atom. The number of primary amides is 1. The number of ether oxygens (including phenoxy) is 2. The van der Waals surface area contributed by atoms with Crippen LogP contribution in [0.25, 0.3) is 0 Å². The molecule has 120 valence electrons. The van der Waals surface area contributed by atoms with E-state index in [-0.39, 0.29) is 25.6 Å². The Morgan fingerprint density at radius 3 is 2.77 bits per heavy atom. The third kappa shape index (κ3) is 3.82. The van der Waals surface area contributed by atoms with Crippen LogP contribution in [0.5, 0.6) is 0 Å². The number of hydrogen-bond acceptors (Lipinski definition) is 6. The van der Waals surface area contributed by atoms with Crippen molar-refractivity contribution in [1.82, 2.24) is 9.55 Å². The van der Waals surface area contributed by atoms with Crippen LogP contribution in [-0.4, -0.2) is 34.1 Å². The summed E-state index contributed by atoms with van der Waals surface area (Å²) in [5, 5.41) is 0. The lowest BCUT2D eigenvalue weighted by atomic mass is 10.1. The van der Waals surface area contributed by atoms with Gasteiger partial charge in [0.1, 0.15) is 12.8 Å². The topological polar surface area (TPSA) is 133 Å². The van der Waals surface area contributed by atoms with Gasteiger partial charge in [0, 0.05) is 24.6 Å². The van der Waals surface area contributed by atoms with Crippen LogP contribution >= 0.6 is 0 Å². The van der Waals surface area contributed by atoms with Crippen molar-refractivity contribution < 1.29 is 19.1 Å². The minimum absolute atomic E-state index is 0.0468. The van der Waals surface area contributed by atoms with Crippen molar-refractivity contribution in [3.63, 3.8) is 0 Å². The summed E-state index contributed by atoms with van der Waals surface area (Å²) in [4.78, 5) is 46.9. The van der Waals surface area contributed by atoms with Gasteiger partial charge in [-0.3, -0.25) is 23.9 Å². The van der Waals surface area contributed by atoms with Gasteiger partial charge in [0.15, 0.2) is 0 Å². The van der Waals surface area contributed by atoms with Gasteiger partial charge in [-0.05, 0) is 6.92 Å². The second-order valence-corrected chi connectivity index (χ2v) is 5.08. The van der Waals surface area contributed by atoms with Crippen LogP contribution in [0.1, 0.15) is 31.1 Å². The molecule has 1 saturated heterocycles. The van der Waals surface area contributed by atoms with E-state index in [9.17, 15) is 19.2 Å². The molecule has 1 aliphatic rings. The Labute approximate surface area is 125 Å². The molecule has 1 aromatic rings. The summed E-state index contributed by atoms with van der Waals surface area (Å²) < 4.78 is 11.7. The van der Waals surface area contributed by atoms with Crippen LogP contribution in [0.4, 0.5) is 0 Å². The normalized spacial score (nSPS) is 20.2. The molecule has 1 aromatic heterocycles. The fourth-order valence-corrected chi connectivity index (χ4v) is 2.01. The van der Waals surface area contributed by atoms with Gasteiger partial charge in [-0.1, -0.05) is 0 Å². The Kier molecular flexibility index (Phi) is 4.76. The van der Waals surface area contributed by atoms with Crippen molar-refractivity contribution in [1.29, 1.82) is 0 Å². The van der Waals surface area contributed by atoms with Gasteiger partial charge in [-0.15, -0.1) is 0 Å². The minimum Gasteiger partial charge on any atom is -0.463 e. The molecule has 3 N–H and O–H groups in total. The van der Waals surface area contributed by atoms with Gasteiger partial charge < -0.3 is 15.2 Å². The molecule has 2 heterocycles. The molecule has 0 saturated carbocycles. The average molecular weight is 311 g/mol. The Morgan fingerprint density at radius 1 is 1.45 bits per heavy atom. The van der Waals surface area contributed by atoms with E-state index in [0.717, 1.165) is 0 Å². The van der Waals surface area contributed by atoms with E-state index < -0.39 is 29.4 Å². The highest BCUT2D eigenvalue weighted by atomic mass is 16.6. The molecule has 0 radical (unpaired) electrons. The first kappa shape index (κ1) is 16.0. The van der Waals surface area contributed by atoms with Crippen molar-refractivity contribution in [3.05, 3.63) is 32.6 Å². The van der Waals surface area contributed by atoms with Gasteiger partial charge in [0.2, 0.25) is 5.91 Å². The third-order valence-electron chi connectivity index (χ3n) is 3.28. The second-order valence-electron chi connectivity index (χ2n) is 5.08. The van der Waals surface area contributed by atoms with Gasteiger partial charge in [-0.25, -0.2) is 4.79 Å². The van der Waals surface area contributed by atoms with Gasteiger partial charge in [0.05, 0.1) is 12.5 Å². The Bertz CT molecular complexity index is 686. The van der Waals surface area contributed by atoms with Crippen LogP contribution in [0.2, 0.25) is 0 Å². The maximum absolute atomic E-state index is 11.6. The quantitative estimate of drug-likeness (QED) is 0.643. The number of hydrogen-bond donors (Lipinski definition) is 2. The van der Waals surface area contributed by atoms with Crippen molar-refractivity contribution in [2.24, 2.45) is 5.73 Å². The van der Waals surface area contributed by atoms with E-state index in [1.165, 1.54) is 10.8 Å². The first-order valence-electron chi connectivity index (χ1n) is 6.78. The number of carbonyl (C=O) groups excluding carboxylic acids is 2. The van der Waals surface area contributed by atoms with Gasteiger partial charge in [-0.2, -0.15) is 0 Å². The molecule has 1 aliphatic heterocycles. The number of nitrogens with two attached hydrogens (primary N) is 1. The summed E-state index contributed by atoms with van der Waals surface area (Å²) in [6.45, 7) is 1.64. The molecule has 1 unspecified atom stereocenters. The van der Waals surface area contributed by atoms with E-state index >= 15 is 0 Å². The predicted molar refractivity (Wildman–Crippen MR) is 74.0 cm³/mol. The lowest BCUT2D eigenvalue weighted by Gasteiger charge is -2.36. The largest absolute Gasteiger partial charge is 0.463 e. The molecule has 0 spiro atoms. The van der Waals surface area contributed by atoms with Crippen molar-refractivity contribution in [2.45, 2.75) is 38.5 Å². The van der Waals surface area contributed by atoms with Crippen LogP contribution in [0.3, 0.4) is 0 Å². The molecule has 1 fully saturated rings. The second kappa shape index (κ2) is 6.56. The lowest BCUT2D eigenvalue weighted by Crippen LogP contribution is -2.44. The monoisotopic (exact) mass is 311 g/mol. The van der Waals surface area contributed by atoms with E-state index in [1.54, 1.807) is 6.92 Å². The number of nitrogens with one attached hydrogen (secondary N) is 1. The predicted octanol–water partition coefficient (Wildman–Crippen LogP) is -1.06. The number of aromatic amines is 1. The summed E-state index contributed by atoms with van der Waals surface area (Å²) in [7, 11) is 0. The molecule has 22 heavy (non-hydrogen) atoms. The van der Waals surface area contributed by atoms with E-state index in [1.807, 2.05) is 0 Å². The van der Waals surface area contributed by atoms with Crippen molar-refractivity contribution in [3.8, 4) is 0 Å². The van der Waals surface area contributed by atoms with Crippen molar-refractivity contribution in [2.75, 3.05) is 6.61 Å².